The van der Waals surface area contributed by atoms with Gasteiger partial charge in [0.25, 0.3) is 0 Å². The van der Waals surface area contributed by atoms with Gasteiger partial charge in [-0.25, -0.2) is 9.97 Å². The molecule has 4 N–H and O–H groups in total. The van der Waals surface area contributed by atoms with Gasteiger partial charge in [-0.05, 0) is 47.9 Å². The summed E-state index contributed by atoms with van der Waals surface area (Å²) in [6.07, 6.45) is 10.1. The Morgan fingerprint density at radius 2 is 1.95 bits per heavy atom. The molecule has 0 spiro atoms. The Balaban J connectivity index is 1.35. The second kappa shape index (κ2) is 13.3. The third-order valence-electron chi connectivity index (χ3n) is 6.47. The summed E-state index contributed by atoms with van der Waals surface area (Å²) in [7, 11) is 0. The maximum absolute atomic E-state index is 12.7. The number of nitrogens with zero attached hydrogens (tertiary/aromatic N) is 3. The Morgan fingerprint density at radius 3 is 2.77 bits per heavy atom. The van der Waals surface area contributed by atoms with Gasteiger partial charge in [0.1, 0.15) is 0 Å². The first-order chi connectivity index (χ1) is 19.1. The van der Waals surface area contributed by atoms with Crippen LogP contribution in [0, 0.1) is 0 Å². The molecule has 3 aromatic rings. The SMILES string of the molecule is NC1CCN(C/C=C/C(=O)Nc2cc3cc(c2)Nc2nccc(n2)-c2cccc(c2)COC/C=C/COC3)C1. The van der Waals surface area contributed by atoms with Crippen LogP contribution in [0.5, 0.6) is 0 Å². The quantitative estimate of drug-likeness (QED) is 0.345. The minimum Gasteiger partial charge on any atom is -0.373 e. The molecular weight excluding hydrogens is 492 g/mol. The van der Waals surface area contributed by atoms with Crippen molar-refractivity contribution in [1.29, 1.82) is 0 Å². The average Bonchev–Trinajstić information content (AvgIpc) is 3.34. The molecule has 9 nitrogen and oxygen atoms in total. The molecule has 5 rings (SSSR count). The van der Waals surface area contributed by atoms with Crippen molar-refractivity contribution in [2.75, 3.05) is 43.5 Å². The van der Waals surface area contributed by atoms with E-state index in [9.17, 15) is 4.79 Å². The Bertz CT molecular complexity index is 1340. The van der Waals surface area contributed by atoms with Crippen LogP contribution in [0.1, 0.15) is 17.5 Å². The van der Waals surface area contributed by atoms with Crippen molar-refractivity contribution in [3.8, 4) is 11.3 Å². The summed E-state index contributed by atoms with van der Waals surface area (Å²) in [4.78, 5) is 24.0. The van der Waals surface area contributed by atoms with Gasteiger partial charge in [-0.15, -0.1) is 0 Å². The van der Waals surface area contributed by atoms with E-state index in [1.165, 1.54) is 0 Å². The third kappa shape index (κ3) is 8.05. The molecule has 1 unspecified atom stereocenters. The predicted octanol–water partition coefficient (Wildman–Crippen LogP) is 4.02. The van der Waals surface area contributed by atoms with Gasteiger partial charge in [0, 0.05) is 54.9 Å². The lowest BCUT2D eigenvalue weighted by molar-refractivity contribution is -0.111. The van der Waals surface area contributed by atoms with E-state index in [0.29, 0.717) is 44.6 Å². The van der Waals surface area contributed by atoms with Gasteiger partial charge in [0.2, 0.25) is 11.9 Å². The van der Waals surface area contributed by atoms with E-state index >= 15 is 0 Å². The number of nitrogens with one attached hydrogen (secondary N) is 2. The van der Waals surface area contributed by atoms with E-state index in [2.05, 4.69) is 26.6 Å². The Hall–Kier alpha value is -3.89. The second-order valence-corrected chi connectivity index (χ2v) is 9.71. The molecule has 6 bridgehead atoms. The molecule has 1 saturated heterocycles. The first kappa shape index (κ1) is 26.7. The number of carbonyl (C=O) groups is 1. The Kier molecular flexibility index (Phi) is 9.08. The van der Waals surface area contributed by atoms with E-state index < -0.39 is 0 Å². The minimum absolute atomic E-state index is 0.196. The zero-order chi connectivity index (χ0) is 26.9. The summed E-state index contributed by atoms with van der Waals surface area (Å²) in [5, 5.41) is 6.26. The molecule has 1 atom stereocenters. The minimum atomic E-state index is -0.196. The summed E-state index contributed by atoms with van der Waals surface area (Å²) in [6, 6.07) is 16.0. The molecule has 2 aliphatic rings. The average molecular weight is 527 g/mol. The van der Waals surface area contributed by atoms with Crippen molar-refractivity contribution in [2.24, 2.45) is 5.73 Å². The summed E-state index contributed by atoms with van der Waals surface area (Å²) < 4.78 is 11.6. The van der Waals surface area contributed by atoms with Gasteiger partial charge < -0.3 is 25.8 Å². The zero-order valence-corrected chi connectivity index (χ0v) is 21.9. The first-order valence-corrected chi connectivity index (χ1v) is 13.2. The lowest BCUT2D eigenvalue weighted by Gasteiger charge is -2.13. The summed E-state index contributed by atoms with van der Waals surface area (Å²) >= 11 is 0. The molecular formula is C30H34N6O3. The number of aromatic nitrogens is 2. The maximum atomic E-state index is 12.7. The molecule has 202 valence electrons. The van der Waals surface area contributed by atoms with Gasteiger partial charge in [-0.1, -0.05) is 36.4 Å². The van der Waals surface area contributed by atoms with E-state index in [1.54, 1.807) is 12.3 Å². The highest BCUT2D eigenvalue weighted by atomic mass is 16.5. The van der Waals surface area contributed by atoms with Crippen LogP contribution in [-0.2, 0) is 27.5 Å². The second-order valence-electron chi connectivity index (χ2n) is 9.71. The highest BCUT2D eigenvalue weighted by Crippen LogP contribution is 2.24. The van der Waals surface area contributed by atoms with Gasteiger partial charge in [-0.3, -0.25) is 9.69 Å². The van der Waals surface area contributed by atoms with Crippen molar-refractivity contribution in [3.63, 3.8) is 0 Å². The van der Waals surface area contributed by atoms with Crippen molar-refractivity contribution in [2.45, 2.75) is 25.7 Å². The summed E-state index contributed by atoms with van der Waals surface area (Å²) in [6.45, 7) is 4.36. The standard InChI is InChI=1S/C30H34N6O3/c31-25-9-12-36(19-25)11-4-7-29(37)33-26-16-23-17-27(18-26)34-30-32-10-8-28(35-30)24-6-3-5-22(15-24)20-38-13-1-2-14-39-21-23/h1-8,10,15-18,25H,9,11-14,19-21,31H2,(H,33,37)(H,32,34,35)/b2-1+,7-4+. The number of ether oxygens (including phenoxy) is 2. The highest BCUT2D eigenvalue weighted by Gasteiger charge is 2.17. The number of carbonyl (C=O) groups excluding carboxylic acids is 1. The Morgan fingerprint density at radius 1 is 1.10 bits per heavy atom. The largest absolute Gasteiger partial charge is 0.373 e. The van der Waals surface area contributed by atoms with Gasteiger partial charge >= 0.3 is 0 Å². The number of hydrogen-bond donors (Lipinski definition) is 3. The van der Waals surface area contributed by atoms with Gasteiger partial charge in [0.15, 0.2) is 0 Å². The summed E-state index contributed by atoms with van der Waals surface area (Å²) in [5.74, 6) is 0.260. The number of benzene rings is 2. The van der Waals surface area contributed by atoms with Crippen LogP contribution < -0.4 is 16.4 Å². The fourth-order valence-electron chi connectivity index (χ4n) is 4.60. The first-order valence-electron chi connectivity index (χ1n) is 13.2. The van der Waals surface area contributed by atoms with Crippen LogP contribution in [0.2, 0.25) is 0 Å². The van der Waals surface area contributed by atoms with E-state index in [-0.39, 0.29) is 11.9 Å². The monoisotopic (exact) mass is 526 g/mol. The molecule has 2 aliphatic heterocycles. The lowest BCUT2D eigenvalue weighted by Crippen LogP contribution is -2.26. The molecule has 39 heavy (non-hydrogen) atoms. The smallest absolute Gasteiger partial charge is 0.248 e. The molecule has 1 fully saturated rings. The van der Waals surface area contributed by atoms with Crippen molar-refractivity contribution < 1.29 is 14.3 Å². The summed E-state index contributed by atoms with van der Waals surface area (Å²) in [5.41, 5.74) is 11.1. The fourth-order valence-corrected chi connectivity index (χ4v) is 4.60. The van der Waals surface area contributed by atoms with E-state index in [4.69, 9.17) is 20.2 Å². The molecule has 0 saturated carbocycles. The maximum Gasteiger partial charge on any atom is 0.248 e. The molecule has 1 amide bonds. The number of nitrogens with two attached hydrogens (primary N) is 1. The normalized spacial score (nSPS) is 19.2. The van der Waals surface area contributed by atoms with Crippen LogP contribution in [0.3, 0.4) is 0 Å². The molecule has 0 radical (unpaired) electrons. The van der Waals surface area contributed by atoms with Crippen LogP contribution in [-0.4, -0.2) is 59.7 Å². The predicted molar refractivity (Wildman–Crippen MR) is 152 cm³/mol. The Labute approximate surface area is 228 Å². The van der Waals surface area contributed by atoms with Crippen LogP contribution in [0.25, 0.3) is 11.3 Å². The lowest BCUT2D eigenvalue weighted by atomic mass is 10.1. The molecule has 3 heterocycles. The highest BCUT2D eigenvalue weighted by molar-refractivity contribution is 5.99. The number of amides is 1. The number of hydrogen-bond acceptors (Lipinski definition) is 8. The number of anilines is 3. The molecule has 0 aliphatic carbocycles. The van der Waals surface area contributed by atoms with Crippen molar-refractivity contribution >= 4 is 23.2 Å². The van der Waals surface area contributed by atoms with E-state index in [1.807, 2.05) is 60.7 Å². The van der Waals surface area contributed by atoms with Gasteiger partial charge in [0.05, 0.1) is 32.1 Å². The van der Waals surface area contributed by atoms with Crippen LogP contribution in [0.4, 0.5) is 17.3 Å². The molecule has 2 aromatic carbocycles. The third-order valence-corrected chi connectivity index (χ3v) is 6.47. The van der Waals surface area contributed by atoms with Gasteiger partial charge in [-0.2, -0.15) is 0 Å². The van der Waals surface area contributed by atoms with Crippen molar-refractivity contribution in [3.05, 3.63) is 90.2 Å². The number of likely N-dealkylation sites (tertiary alicyclic amines) is 1. The van der Waals surface area contributed by atoms with Crippen molar-refractivity contribution in [1.82, 2.24) is 14.9 Å². The topological polar surface area (TPSA) is 115 Å². The van der Waals surface area contributed by atoms with Crippen LogP contribution in [0.15, 0.2) is 79.0 Å². The van der Waals surface area contributed by atoms with Crippen LogP contribution >= 0.6 is 0 Å². The molecule has 9 heteroatoms. The fraction of sp³-hybridized carbons (Fsp3) is 0.300. The number of rotatable bonds is 4. The van der Waals surface area contributed by atoms with E-state index in [0.717, 1.165) is 47.6 Å². The number of fused-ring (bicyclic) bond motifs is 7. The molecule has 1 aromatic heterocycles. The zero-order valence-electron chi connectivity index (χ0n) is 21.9.